The summed E-state index contributed by atoms with van der Waals surface area (Å²) in [5.74, 6) is -5.91. The van der Waals surface area contributed by atoms with Gasteiger partial charge in [0, 0.05) is 0 Å². The first-order valence-electron chi connectivity index (χ1n) is 9.20. The number of rotatable bonds is 9. The van der Waals surface area contributed by atoms with Gasteiger partial charge in [-0.1, -0.05) is 42.0 Å². The molecule has 0 spiro atoms. The van der Waals surface area contributed by atoms with Crippen LogP contribution in [0, 0.1) is 19.3 Å². The Bertz CT molecular complexity index is 941. The number of carbonyl (C=O) groups is 4. The molecular weight excluding hydrogens is 404 g/mol. The highest BCUT2D eigenvalue weighted by Crippen LogP contribution is 2.35. The van der Waals surface area contributed by atoms with Crippen molar-refractivity contribution in [3.8, 4) is 11.5 Å². The average Bonchev–Trinajstić information content (AvgIpc) is 2.70. The minimum atomic E-state index is -2.62. The summed E-state index contributed by atoms with van der Waals surface area (Å²) in [6, 6.07) is 12.6. The Morgan fingerprint density at radius 1 is 0.774 bits per heavy atom. The van der Waals surface area contributed by atoms with E-state index in [4.69, 9.17) is 9.47 Å². The van der Waals surface area contributed by atoms with E-state index in [-0.39, 0.29) is 11.5 Å². The largest absolute Gasteiger partial charge is 0.549 e. The number of aliphatic carboxylic acids is 2. The van der Waals surface area contributed by atoms with E-state index in [1.165, 1.54) is 24.3 Å². The van der Waals surface area contributed by atoms with Crippen LogP contribution in [0.2, 0.25) is 0 Å². The lowest BCUT2D eigenvalue weighted by atomic mass is 9.75. The van der Waals surface area contributed by atoms with E-state index >= 15 is 0 Å². The molecule has 0 saturated heterocycles. The SMILES string of the molecule is C=C(C(=O)[O-])C(CC(=O)Oc1ccc(C)cc1)(CC(=O)Oc1ccc(C)cc1)C(=O)[O-]. The van der Waals surface area contributed by atoms with Gasteiger partial charge >= 0.3 is 11.9 Å². The first-order valence-corrected chi connectivity index (χ1v) is 9.20. The fraction of sp³-hybridized carbons (Fsp3) is 0.217. The molecule has 8 heteroatoms. The second-order valence-corrected chi connectivity index (χ2v) is 7.06. The maximum absolute atomic E-state index is 12.4. The Hall–Kier alpha value is -3.94. The summed E-state index contributed by atoms with van der Waals surface area (Å²) in [4.78, 5) is 48.2. The number of aryl methyl sites for hydroxylation is 2. The monoisotopic (exact) mass is 424 g/mol. The first kappa shape index (κ1) is 23.3. The highest BCUT2D eigenvalue weighted by molar-refractivity contribution is 5.99. The smallest absolute Gasteiger partial charge is 0.312 e. The van der Waals surface area contributed by atoms with E-state index in [2.05, 4.69) is 6.58 Å². The Morgan fingerprint density at radius 3 is 1.42 bits per heavy atom. The van der Waals surface area contributed by atoms with E-state index in [0.717, 1.165) is 11.1 Å². The van der Waals surface area contributed by atoms with Gasteiger partial charge < -0.3 is 29.3 Å². The van der Waals surface area contributed by atoms with Crippen LogP contribution in [0.3, 0.4) is 0 Å². The van der Waals surface area contributed by atoms with Crippen molar-refractivity contribution in [3.63, 3.8) is 0 Å². The molecule has 0 aromatic heterocycles. The van der Waals surface area contributed by atoms with E-state index in [1.807, 2.05) is 13.8 Å². The van der Waals surface area contributed by atoms with Crippen molar-refractivity contribution < 1.29 is 38.9 Å². The summed E-state index contributed by atoms with van der Waals surface area (Å²) in [5, 5.41) is 23.4. The molecule has 0 bridgehead atoms. The van der Waals surface area contributed by atoms with Crippen molar-refractivity contribution in [2.45, 2.75) is 26.7 Å². The highest BCUT2D eigenvalue weighted by atomic mass is 16.5. The van der Waals surface area contributed by atoms with Crippen molar-refractivity contribution >= 4 is 23.9 Å². The second-order valence-electron chi connectivity index (χ2n) is 7.06. The second kappa shape index (κ2) is 9.71. The van der Waals surface area contributed by atoms with Crippen molar-refractivity contribution in [3.05, 3.63) is 71.8 Å². The molecular formula is C23H20O8-2. The third-order valence-corrected chi connectivity index (χ3v) is 4.61. The predicted molar refractivity (Wildman–Crippen MR) is 104 cm³/mol. The number of carboxylic acids is 2. The third kappa shape index (κ3) is 6.02. The molecule has 2 aromatic rings. The Morgan fingerprint density at radius 2 is 1.13 bits per heavy atom. The zero-order valence-corrected chi connectivity index (χ0v) is 17.0. The first-order chi connectivity index (χ1) is 14.5. The summed E-state index contributed by atoms with van der Waals surface area (Å²) in [6.45, 7) is 6.82. The van der Waals surface area contributed by atoms with Crippen molar-refractivity contribution in [2.75, 3.05) is 0 Å². The number of hydrogen-bond acceptors (Lipinski definition) is 8. The van der Waals surface area contributed by atoms with Crippen LogP contribution in [0.25, 0.3) is 0 Å². The molecule has 31 heavy (non-hydrogen) atoms. The van der Waals surface area contributed by atoms with Gasteiger partial charge in [0.1, 0.15) is 11.5 Å². The Kier molecular flexibility index (Phi) is 7.31. The lowest BCUT2D eigenvalue weighted by molar-refractivity contribution is -0.322. The van der Waals surface area contributed by atoms with Gasteiger partial charge in [0.05, 0.1) is 30.2 Å². The van der Waals surface area contributed by atoms with Crippen LogP contribution in [-0.2, 0) is 19.2 Å². The van der Waals surface area contributed by atoms with Crippen LogP contribution in [-0.4, -0.2) is 23.9 Å². The molecule has 162 valence electrons. The van der Waals surface area contributed by atoms with Crippen molar-refractivity contribution in [1.29, 1.82) is 0 Å². The predicted octanol–water partition coefficient (Wildman–Crippen LogP) is 0.637. The van der Waals surface area contributed by atoms with Crippen LogP contribution in [0.4, 0.5) is 0 Å². The maximum Gasteiger partial charge on any atom is 0.312 e. The zero-order chi connectivity index (χ0) is 23.2. The third-order valence-electron chi connectivity index (χ3n) is 4.61. The fourth-order valence-electron chi connectivity index (χ4n) is 2.78. The molecule has 0 fully saturated rings. The van der Waals surface area contributed by atoms with Gasteiger partial charge in [0.25, 0.3) is 0 Å². The highest BCUT2D eigenvalue weighted by Gasteiger charge is 2.41. The zero-order valence-electron chi connectivity index (χ0n) is 17.0. The van der Waals surface area contributed by atoms with Crippen LogP contribution in [0.15, 0.2) is 60.7 Å². The number of ether oxygens (including phenoxy) is 2. The minimum absolute atomic E-state index is 0.115. The van der Waals surface area contributed by atoms with Gasteiger partial charge in [-0.25, -0.2) is 0 Å². The van der Waals surface area contributed by atoms with E-state index in [1.54, 1.807) is 24.3 Å². The summed E-state index contributed by atoms with van der Waals surface area (Å²) in [6.07, 6.45) is -2.06. The Labute approximate surface area is 178 Å². The summed E-state index contributed by atoms with van der Waals surface area (Å²) in [7, 11) is 0. The molecule has 2 aromatic carbocycles. The standard InChI is InChI=1S/C23H22O8/c1-14-4-8-17(9-5-14)30-19(24)12-23(22(28)29,16(3)21(26)27)13-20(25)31-18-10-6-15(2)7-11-18/h4-11H,3,12-13H2,1-2H3,(H,26,27)(H,28,29)/p-2. The summed E-state index contributed by atoms with van der Waals surface area (Å²) < 4.78 is 10.2. The van der Waals surface area contributed by atoms with Gasteiger partial charge in [-0.15, -0.1) is 0 Å². The molecule has 0 saturated carbocycles. The van der Waals surface area contributed by atoms with Crippen LogP contribution >= 0.6 is 0 Å². The van der Waals surface area contributed by atoms with Crippen LogP contribution in [0.1, 0.15) is 24.0 Å². The molecule has 0 N–H and O–H groups in total. The minimum Gasteiger partial charge on any atom is -0.549 e. The van der Waals surface area contributed by atoms with E-state index in [0.29, 0.717) is 0 Å². The number of benzene rings is 2. The lowest BCUT2D eigenvalue weighted by Gasteiger charge is -2.35. The molecule has 0 aliphatic carbocycles. The quantitative estimate of drug-likeness (QED) is 0.325. The summed E-state index contributed by atoms with van der Waals surface area (Å²) >= 11 is 0. The van der Waals surface area contributed by atoms with Crippen LogP contribution < -0.4 is 19.7 Å². The Balaban J connectivity index is 2.27. The average molecular weight is 424 g/mol. The van der Waals surface area contributed by atoms with Gasteiger partial charge in [0.2, 0.25) is 0 Å². The molecule has 0 aliphatic heterocycles. The number of esters is 2. The van der Waals surface area contributed by atoms with E-state index in [9.17, 15) is 29.4 Å². The van der Waals surface area contributed by atoms with Gasteiger partial charge in [-0.3, -0.25) is 9.59 Å². The number of carbonyl (C=O) groups excluding carboxylic acids is 4. The van der Waals surface area contributed by atoms with Crippen LogP contribution in [0.5, 0.6) is 11.5 Å². The number of carboxylic acid groups (broad SMARTS) is 2. The normalized spacial score (nSPS) is 10.8. The molecule has 0 unspecified atom stereocenters. The molecule has 2 rings (SSSR count). The van der Waals surface area contributed by atoms with Crippen molar-refractivity contribution in [2.24, 2.45) is 5.41 Å². The van der Waals surface area contributed by atoms with E-state index < -0.39 is 47.7 Å². The molecule has 0 atom stereocenters. The fourth-order valence-corrected chi connectivity index (χ4v) is 2.78. The maximum atomic E-state index is 12.4. The lowest BCUT2D eigenvalue weighted by Crippen LogP contribution is -2.50. The van der Waals surface area contributed by atoms with Gasteiger partial charge in [-0.05, 0) is 43.7 Å². The molecule has 8 nitrogen and oxygen atoms in total. The molecule has 0 radical (unpaired) electrons. The van der Waals surface area contributed by atoms with Gasteiger partial charge in [0.15, 0.2) is 0 Å². The summed E-state index contributed by atoms with van der Waals surface area (Å²) in [5.41, 5.74) is -1.84. The van der Waals surface area contributed by atoms with Gasteiger partial charge in [-0.2, -0.15) is 0 Å². The molecule has 0 aliphatic rings. The molecule has 0 heterocycles. The number of hydrogen-bond donors (Lipinski definition) is 0. The molecule has 0 amide bonds. The van der Waals surface area contributed by atoms with Crippen molar-refractivity contribution in [1.82, 2.24) is 0 Å². The topological polar surface area (TPSA) is 133 Å².